The Morgan fingerprint density at radius 3 is 2.91 bits per heavy atom. The van der Waals surface area contributed by atoms with Crippen molar-refractivity contribution in [1.82, 2.24) is 9.97 Å². The summed E-state index contributed by atoms with van der Waals surface area (Å²) in [4.78, 5) is 7.98. The summed E-state index contributed by atoms with van der Waals surface area (Å²) < 4.78 is 6.10. The van der Waals surface area contributed by atoms with Crippen molar-refractivity contribution in [1.29, 1.82) is 0 Å². The number of fused-ring (bicyclic) bond motifs is 1. The van der Waals surface area contributed by atoms with Crippen molar-refractivity contribution in [3.63, 3.8) is 0 Å². The molecule has 0 bridgehead atoms. The van der Waals surface area contributed by atoms with E-state index in [4.69, 9.17) is 4.74 Å². The van der Waals surface area contributed by atoms with Crippen molar-refractivity contribution in [2.24, 2.45) is 0 Å². The number of nitrogens with one attached hydrogen (secondary N) is 1. The van der Waals surface area contributed by atoms with Gasteiger partial charge in [-0.25, -0.2) is 4.98 Å². The van der Waals surface area contributed by atoms with Crippen LogP contribution in [0.1, 0.15) is 30.0 Å². The van der Waals surface area contributed by atoms with Gasteiger partial charge in [-0.05, 0) is 49.6 Å². The molecule has 0 saturated carbocycles. The maximum Gasteiger partial charge on any atom is 0.153 e. The van der Waals surface area contributed by atoms with Crippen molar-refractivity contribution in [2.45, 2.75) is 26.4 Å². The summed E-state index contributed by atoms with van der Waals surface area (Å²) in [7, 11) is 0. The second kappa shape index (κ2) is 6.06. The molecule has 0 aliphatic rings. The van der Waals surface area contributed by atoms with Gasteiger partial charge >= 0.3 is 0 Å². The average molecular weight is 292 g/mol. The van der Waals surface area contributed by atoms with Gasteiger partial charge in [0, 0.05) is 0 Å². The number of ether oxygens (including phenoxy) is 1. The number of benzene rings is 2. The van der Waals surface area contributed by atoms with Gasteiger partial charge in [-0.3, -0.25) is 0 Å². The Morgan fingerprint density at radius 1 is 1.27 bits per heavy atom. The molecule has 3 nitrogen and oxygen atoms in total. The van der Waals surface area contributed by atoms with Crippen LogP contribution >= 0.6 is 0 Å². The molecule has 3 rings (SSSR count). The Morgan fingerprint density at radius 2 is 2.09 bits per heavy atom. The Balaban J connectivity index is 1.86. The first kappa shape index (κ1) is 14.4. The van der Waals surface area contributed by atoms with E-state index >= 15 is 0 Å². The number of hydrogen-bond acceptors (Lipinski definition) is 2. The van der Waals surface area contributed by atoms with E-state index in [-0.39, 0.29) is 6.10 Å². The van der Waals surface area contributed by atoms with Crippen LogP contribution in [-0.2, 0) is 6.42 Å². The highest BCUT2D eigenvalue weighted by atomic mass is 16.5. The SMILES string of the molecule is C=CCc1ccccc1O[C@@H](C)c1nc2ccc(C)cc2[nH]1. The van der Waals surface area contributed by atoms with Crippen LogP contribution in [0.5, 0.6) is 5.75 Å². The first-order valence-corrected chi connectivity index (χ1v) is 7.49. The minimum absolute atomic E-state index is 0.140. The molecule has 0 saturated heterocycles. The second-order valence-electron chi connectivity index (χ2n) is 5.50. The Kier molecular flexibility index (Phi) is 3.96. The molecule has 1 aromatic heterocycles. The molecule has 22 heavy (non-hydrogen) atoms. The van der Waals surface area contributed by atoms with Crippen LogP contribution in [0.2, 0.25) is 0 Å². The highest BCUT2D eigenvalue weighted by molar-refractivity contribution is 5.75. The van der Waals surface area contributed by atoms with E-state index in [1.54, 1.807) is 0 Å². The molecule has 3 heteroatoms. The van der Waals surface area contributed by atoms with E-state index < -0.39 is 0 Å². The summed E-state index contributed by atoms with van der Waals surface area (Å²) in [6, 6.07) is 14.2. The predicted octanol–water partition coefficient (Wildman–Crippen LogP) is 4.74. The summed E-state index contributed by atoms with van der Waals surface area (Å²) in [5, 5.41) is 0. The van der Waals surface area contributed by atoms with Crippen LogP contribution in [0.4, 0.5) is 0 Å². The third kappa shape index (κ3) is 2.89. The topological polar surface area (TPSA) is 37.9 Å². The predicted molar refractivity (Wildman–Crippen MR) is 90.2 cm³/mol. The monoisotopic (exact) mass is 292 g/mol. The largest absolute Gasteiger partial charge is 0.483 e. The van der Waals surface area contributed by atoms with Crippen molar-refractivity contribution in [2.75, 3.05) is 0 Å². The number of aromatic amines is 1. The summed E-state index contributed by atoms with van der Waals surface area (Å²) >= 11 is 0. The first-order valence-electron chi connectivity index (χ1n) is 7.49. The molecular weight excluding hydrogens is 272 g/mol. The number of nitrogens with zero attached hydrogens (tertiary/aromatic N) is 1. The minimum Gasteiger partial charge on any atom is -0.483 e. The van der Waals surface area contributed by atoms with Crippen LogP contribution in [0.3, 0.4) is 0 Å². The van der Waals surface area contributed by atoms with Crippen molar-refractivity contribution in [3.05, 3.63) is 72.1 Å². The van der Waals surface area contributed by atoms with Gasteiger partial charge in [-0.2, -0.15) is 0 Å². The zero-order chi connectivity index (χ0) is 15.5. The Hall–Kier alpha value is -2.55. The number of para-hydroxylation sites is 1. The number of H-pyrrole nitrogens is 1. The normalized spacial score (nSPS) is 12.3. The fourth-order valence-corrected chi connectivity index (χ4v) is 2.52. The summed E-state index contributed by atoms with van der Waals surface area (Å²) in [5.74, 6) is 1.72. The summed E-state index contributed by atoms with van der Waals surface area (Å²) in [6.07, 6.45) is 2.54. The van der Waals surface area contributed by atoms with Crippen LogP contribution in [0.25, 0.3) is 11.0 Å². The molecule has 1 atom stereocenters. The lowest BCUT2D eigenvalue weighted by atomic mass is 10.1. The van der Waals surface area contributed by atoms with E-state index in [9.17, 15) is 0 Å². The molecule has 0 aliphatic heterocycles. The highest BCUT2D eigenvalue weighted by Gasteiger charge is 2.14. The highest BCUT2D eigenvalue weighted by Crippen LogP contribution is 2.26. The lowest BCUT2D eigenvalue weighted by molar-refractivity contribution is 0.216. The number of hydrogen-bond donors (Lipinski definition) is 1. The molecule has 1 N–H and O–H groups in total. The average Bonchev–Trinajstić information content (AvgIpc) is 2.92. The molecule has 1 heterocycles. The molecule has 0 aliphatic carbocycles. The fraction of sp³-hybridized carbons (Fsp3) is 0.211. The van der Waals surface area contributed by atoms with Gasteiger partial charge in [0.05, 0.1) is 11.0 Å². The number of imidazole rings is 1. The number of aryl methyl sites for hydroxylation is 1. The van der Waals surface area contributed by atoms with Gasteiger partial charge in [-0.15, -0.1) is 6.58 Å². The van der Waals surface area contributed by atoms with E-state index in [0.717, 1.165) is 34.6 Å². The number of rotatable bonds is 5. The number of aromatic nitrogens is 2. The van der Waals surface area contributed by atoms with Crippen molar-refractivity contribution < 1.29 is 4.74 Å². The third-order valence-electron chi connectivity index (χ3n) is 3.68. The molecule has 0 unspecified atom stereocenters. The van der Waals surface area contributed by atoms with Gasteiger partial charge < -0.3 is 9.72 Å². The maximum absolute atomic E-state index is 6.10. The van der Waals surface area contributed by atoms with Gasteiger partial charge in [-0.1, -0.05) is 30.3 Å². The Labute approximate surface area is 130 Å². The minimum atomic E-state index is -0.140. The lowest BCUT2D eigenvalue weighted by Gasteiger charge is -2.15. The molecule has 112 valence electrons. The quantitative estimate of drug-likeness (QED) is 0.690. The van der Waals surface area contributed by atoms with Crippen LogP contribution in [0.15, 0.2) is 55.1 Å². The molecule has 3 aromatic rings. The number of allylic oxidation sites excluding steroid dienone is 1. The van der Waals surface area contributed by atoms with E-state index in [0.29, 0.717) is 0 Å². The Bertz CT molecular complexity index is 804. The van der Waals surface area contributed by atoms with Gasteiger partial charge in [0.25, 0.3) is 0 Å². The first-order chi connectivity index (χ1) is 10.7. The molecule has 2 aromatic carbocycles. The molecule has 0 radical (unpaired) electrons. The zero-order valence-corrected chi connectivity index (χ0v) is 13.0. The molecular formula is C19H20N2O. The van der Waals surface area contributed by atoms with Gasteiger partial charge in [0.1, 0.15) is 11.6 Å². The van der Waals surface area contributed by atoms with E-state index in [1.807, 2.05) is 37.3 Å². The van der Waals surface area contributed by atoms with Crippen LogP contribution in [0, 0.1) is 6.92 Å². The van der Waals surface area contributed by atoms with E-state index in [1.165, 1.54) is 5.56 Å². The smallest absolute Gasteiger partial charge is 0.153 e. The van der Waals surface area contributed by atoms with Crippen molar-refractivity contribution >= 4 is 11.0 Å². The zero-order valence-electron chi connectivity index (χ0n) is 13.0. The molecule has 0 amide bonds. The van der Waals surface area contributed by atoms with Crippen LogP contribution in [-0.4, -0.2) is 9.97 Å². The fourth-order valence-electron chi connectivity index (χ4n) is 2.52. The van der Waals surface area contributed by atoms with Crippen LogP contribution < -0.4 is 4.74 Å². The summed E-state index contributed by atoms with van der Waals surface area (Å²) in [6.45, 7) is 7.88. The van der Waals surface area contributed by atoms with Crippen molar-refractivity contribution in [3.8, 4) is 5.75 Å². The van der Waals surface area contributed by atoms with Gasteiger partial charge in [0.15, 0.2) is 6.10 Å². The summed E-state index contributed by atoms with van der Waals surface area (Å²) in [5.41, 5.74) is 4.36. The maximum atomic E-state index is 6.10. The second-order valence-corrected chi connectivity index (χ2v) is 5.50. The third-order valence-corrected chi connectivity index (χ3v) is 3.68. The molecule has 0 fully saturated rings. The van der Waals surface area contributed by atoms with Gasteiger partial charge in [0.2, 0.25) is 0 Å². The standard InChI is InChI=1S/C19H20N2O/c1-4-7-15-8-5-6-9-18(15)22-14(3)19-20-16-11-10-13(2)12-17(16)21-19/h4-6,8-12,14H,1,7H2,2-3H3,(H,20,21)/t14-/m0/s1. The lowest BCUT2D eigenvalue weighted by Crippen LogP contribution is -2.06. The molecule has 0 spiro atoms. The van der Waals surface area contributed by atoms with E-state index in [2.05, 4.69) is 41.7 Å².